The monoisotopic (exact) mass is 451 g/mol. The average Bonchev–Trinajstić information content (AvgIpc) is 2.86. The molecule has 0 saturated heterocycles. The molecule has 0 bridgehead atoms. The number of hydrogen-bond donors (Lipinski definition) is 2. The zero-order chi connectivity index (χ0) is 23.9. The van der Waals surface area contributed by atoms with Crippen molar-refractivity contribution in [1.82, 2.24) is 0 Å². The number of amides is 1. The summed E-state index contributed by atoms with van der Waals surface area (Å²) in [6.07, 6.45) is 3.02. The highest BCUT2D eigenvalue weighted by Gasteiger charge is 2.14. The Hall–Kier alpha value is -4.71. The fourth-order valence-corrected chi connectivity index (χ4v) is 3.42. The van der Waals surface area contributed by atoms with Crippen LogP contribution in [0, 0.1) is 0 Å². The molecule has 168 valence electrons. The van der Waals surface area contributed by atoms with Crippen molar-refractivity contribution in [2.45, 2.75) is 6.61 Å². The van der Waals surface area contributed by atoms with Gasteiger partial charge in [-0.15, -0.1) is 0 Å². The van der Waals surface area contributed by atoms with E-state index in [1.807, 2.05) is 36.4 Å². The minimum atomic E-state index is -0.980. The van der Waals surface area contributed by atoms with E-state index in [9.17, 15) is 14.4 Å². The lowest BCUT2D eigenvalue weighted by Crippen LogP contribution is -2.13. The third-order valence-electron chi connectivity index (χ3n) is 5.16. The molecule has 0 aromatic heterocycles. The molecule has 0 unspecified atom stereocenters. The first-order valence-electron chi connectivity index (χ1n) is 10.6. The minimum absolute atomic E-state index is 0.137. The largest absolute Gasteiger partial charge is 0.478 e. The second-order valence-electron chi connectivity index (χ2n) is 7.56. The van der Waals surface area contributed by atoms with Gasteiger partial charge in [0.15, 0.2) is 0 Å². The first-order chi connectivity index (χ1) is 16.5. The van der Waals surface area contributed by atoms with Crippen LogP contribution in [0.2, 0.25) is 0 Å². The molecule has 4 aromatic carbocycles. The van der Waals surface area contributed by atoms with Gasteiger partial charge >= 0.3 is 11.9 Å². The normalized spacial score (nSPS) is 10.8. The summed E-state index contributed by atoms with van der Waals surface area (Å²) in [6, 6.07) is 26.4. The van der Waals surface area contributed by atoms with E-state index in [-0.39, 0.29) is 17.7 Å². The molecule has 0 saturated carbocycles. The highest BCUT2D eigenvalue weighted by atomic mass is 16.5. The molecular formula is C28H21NO5. The Morgan fingerprint density at radius 3 is 2.32 bits per heavy atom. The van der Waals surface area contributed by atoms with Crippen molar-refractivity contribution in [3.63, 3.8) is 0 Å². The molecule has 0 spiro atoms. The Morgan fingerprint density at radius 1 is 0.824 bits per heavy atom. The number of rotatable bonds is 7. The number of para-hydroxylation sites is 1. The lowest BCUT2D eigenvalue weighted by molar-refractivity contribution is -0.111. The van der Waals surface area contributed by atoms with Crippen LogP contribution in [0.25, 0.3) is 16.8 Å². The second kappa shape index (κ2) is 10.3. The number of carbonyl (C=O) groups excluding carboxylic acids is 2. The summed E-state index contributed by atoms with van der Waals surface area (Å²) in [6.45, 7) is 0.137. The maximum atomic E-state index is 12.6. The van der Waals surface area contributed by atoms with Crippen LogP contribution in [-0.2, 0) is 16.1 Å². The second-order valence-corrected chi connectivity index (χ2v) is 7.56. The number of fused-ring (bicyclic) bond motifs is 1. The number of aromatic carboxylic acids is 1. The molecule has 0 aliphatic rings. The molecule has 0 atom stereocenters. The summed E-state index contributed by atoms with van der Waals surface area (Å²) >= 11 is 0. The van der Waals surface area contributed by atoms with Gasteiger partial charge in [0.1, 0.15) is 6.61 Å². The molecule has 4 rings (SSSR count). The highest BCUT2D eigenvalue weighted by molar-refractivity contribution is 6.06. The van der Waals surface area contributed by atoms with E-state index in [1.165, 1.54) is 6.08 Å². The zero-order valence-corrected chi connectivity index (χ0v) is 18.1. The van der Waals surface area contributed by atoms with Crippen molar-refractivity contribution >= 4 is 40.4 Å². The van der Waals surface area contributed by atoms with Gasteiger partial charge < -0.3 is 15.2 Å². The number of ether oxygens (including phenoxy) is 1. The molecule has 0 aliphatic heterocycles. The van der Waals surface area contributed by atoms with Gasteiger partial charge in [-0.1, -0.05) is 60.7 Å². The predicted octanol–water partition coefficient (Wildman–Crippen LogP) is 5.55. The molecule has 0 aliphatic carbocycles. The fraction of sp³-hybridized carbons (Fsp3) is 0.0357. The maximum Gasteiger partial charge on any atom is 0.340 e. The number of nitrogens with one attached hydrogen (secondary N) is 1. The lowest BCUT2D eigenvalue weighted by Gasteiger charge is -2.10. The van der Waals surface area contributed by atoms with Crippen molar-refractivity contribution in [2.24, 2.45) is 0 Å². The Balaban J connectivity index is 1.43. The Kier molecular flexibility index (Phi) is 6.79. The van der Waals surface area contributed by atoms with E-state index in [0.29, 0.717) is 5.69 Å². The smallest absolute Gasteiger partial charge is 0.340 e. The van der Waals surface area contributed by atoms with Crippen molar-refractivity contribution in [1.29, 1.82) is 0 Å². The minimum Gasteiger partial charge on any atom is -0.478 e. The van der Waals surface area contributed by atoms with Gasteiger partial charge in [0, 0.05) is 6.08 Å². The molecule has 0 radical (unpaired) electrons. The lowest BCUT2D eigenvalue weighted by atomic mass is 10.0. The molecule has 4 aromatic rings. The quantitative estimate of drug-likeness (QED) is 0.284. The maximum absolute atomic E-state index is 12.6. The molecule has 1 amide bonds. The molecule has 0 heterocycles. The summed E-state index contributed by atoms with van der Waals surface area (Å²) < 4.78 is 5.38. The first kappa shape index (κ1) is 22.5. The van der Waals surface area contributed by atoms with Gasteiger partial charge in [-0.2, -0.15) is 0 Å². The van der Waals surface area contributed by atoms with Gasteiger partial charge in [0.2, 0.25) is 5.91 Å². The third kappa shape index (κ3) is 5.55. The van der Waals surface area contributed by atoms with E-state index in [4.69, 9.17) is 9.84 Å². The number of carboxylic acid groups (broad SMARTS) is 1. The number of esters is 1. The summed E-state index contributed by atoms with van der Waals surface area (Å²) in [5.41, 5.74) is 2.49. The number of carbonyl (C=O) groups is 3. The molecular weight excluding hydrogens is 430 g/mol. The number of carboxylic acids is 1. The number of anilines is 1. The van der Waals surface area contributed by atoms with Gasteiger partial charge in [-0.3, -0.25) is 4.79 Å². The van der Waals surface area contributed by atoms with E-state index in [2.05, 4.69) is 5.32 Å². The van der Waals surface area contributed by atoms with Crippen LogP contribution in [0.5, 0.6) is 0 Å². The number of hydrogen-bond acceptors (Lipinski definition) is 4. The van der Waals surface area contributed by atoms with E-state index in [0.717, 1.165) is 21.9 Å². The van der Waals surface area contributed by atoms with Crippen LogP contribution in [0.1, 0.15) is 31.8 Å². The topological polar surface area (TPSA) is 92.7 Å². The Labute approximate surface area is 196 Å². The summed E-state index contributed by atoms with van der Waals surface area (Å²) in [7, 11) is 0. The molecule has 2 N–H and O–H groups in total. The molecule has 6 heteroatoms. The van der Waals surface area contributed by atoms with E-state index in [1.54, 1.807) is 60.7 Å². The van der Waals surface area contributed by atoms with Crippen molar-refractivity contribution < 1.29 is 24.2 Å². The SMILES string of the molecule is O=C(/C=C/c1ccc2cc(C(=O)O)ccc2c1)Nc1ccccc1C(=O)OCc1ccccc1. The van der Waals surface area contributed by atoms with E-state index < -0.39 is 17.8 Å². The van der Waals surface area contributed by atoms with Crippen LogP contribution in [-0.4, -0.2) is 23.0 Å². The summed E-state index contributed by atoms with van der Waals surface area (Å²) in [4.78, 5) is 36.2. The standard InChI is InChI=1S/C28H21NO5/c30-26(15-11-19-10-12-22-17-23(27(31)32)14-13-21(22)16-19)29-25-9-5-4-8-24(25)28(33)34-18-20-6-2-1-3-7-20/h1-17H,18H2,(H,29,30)(H,31,32)/b15-11+. The molecule has 0 fully saturated rings. The summed E-state index contributed by atoms with van der Waals surface area (Å²) in [5, 5.41) is 13.5. The van der Waals surface area contributed by atoms with Crippen LogP contribution in [0.3, 0.4) is 0 Å². The highest BCUT2D eigenvalue weighted by Crippen LogP contribution is 2.20. The summed E-state index contributed by atoms with van der Waals surface area (Å²) in [5.74, 6) is -1.91. The zero-order valence-electron chi connectivity index (χ0n) is 18.1. The molecule has 6 nitrogen and oxygen atoms in total. The van der Waals surface area contributed by atoms with Crippen LogP contribution >= 0.6 is 0 Å². The van der Waals surface area contributed by atoms with Crippen LogP contribution in [0.4, 0.5) is 5.69 Å². The fourth-order valence-electron chi connectivity index (χ4n) is 3.42. The van der Waals surface area contributed by atoms with E-state index >= 15 is 0 Å². The van der Waals surface area contributed by atoms with Gasteiger partial charge in [0.05, 0.1) is 16.8 Å². The van der Waals surface area contributed by atoms with Crippen molar-refractivity contribution in [3.05, 3.63) is 119 Å². The third-order valence-corrected chi connectivity index (χ3v) is 5.16. The Bertz CT molecular complexity index is 1390. The van der Waals surface area contributed by atoms with Gasteiger partial charge in [0.25, 0.3) is 0 Å². The Morgan fingerprint density at radius 2 is 1.53 bits per heavy atom. The first-order valence-corrected chi connectivity index (χ1v) is 10.6. The van der Waals surface area contributed by atoms with Crippen LogP contribution in [0.15, 0.2) is 97.1 Å². The van der Waals surface area contributed by atoms with Gasteiger partial charge in [-0.05, 0) is 58.3 Å². The van der Waals surface area contributed by atoms with Crippen molar-refractivity contribution in [2.75, 3.05) is 5.32 Å². The predicted molar refractivity (Wildman–Crippen MR) is 131 cm³/mol. The molecule has 34 heavy (non-hydrogen) atoms. The van der Waals surface area contributed by atoms with Crippen LogP contribution < -0.4 is 5.32 Å². The average molecular weight is 451 g/mol. The van der Waals surface area contributed by atoms with Crippen molar-refractivity contribution in [3.8, 4) is 0 Å². The number of benzene rings is 4. The van der Waals surface area contributed by atoms with Gasteiger partial charge in [-0.25, -0.2) is 9.59 Å².